The average Bonchev–Trinajstić information content (AvgIpc) is 2.72. The molecule has 0 radical (unpaired) electrons. The Bertz CT molecular complexity index is 262. The molecule has 5 heteroatoms. The number of nitrogens with one attached hydrogen (secondary N) is 1. The predicted octanol–water partition coefficient (Wildman–Crippen LogP) is -0.569. The summed E-state index contributed by atoms with van der Waals surface area (Å²) in [5.41, 5.74) is 0. The van der Waals surface area contributed by atoms with Gasteiger partial charge in [-0.05, 0) is 19.8 Å². The Morgan fingerprint density at radius 1 is 1.56 bits per heavy atom. The lowest BCUT2D eigenvalue weighted by Crippen LogP contribution is -2.93. The van der Waals surface area contributed by atoms with Crippen molar-refractivity contribution in [3.63, 3.8) is 0 Å². The normalized spacial score (nSPS) is 37.6. The third kappa shape index (κ3) is 2.97. The number of hydrogen-bond acceptors (Lipinski definition) is 4. The minimum Gasteiger partial charge on any atom is -0.332 e. The molecule has 0 aliphatic carbocycles. The molecule has 0 aromatic carbocycles. The van der Waals surface area contributed by atoms with E-state index in [1.54, 1.807) is 6.92 Å². The van der Waals surface area contributed by atoms with Crippen LogP contribution in [0.5, 0.6) is 0 Å². The Morgan fingerprint density at radius 3 is 3.12 bits per heavy atom. The van der Waals surface area contributed by atoms with Crippen LogP contribution < -0.4 is 10.6 Å². The number of Topliss-reactive ketones (excluding diaryl/α,β-unsaturated/α-hetero) is 1. The molecule has 0 aromatic rings. The molecule has 4 atom stereocenters. The SMILES string of the molecule is CC(=O)CCCCC1SCC2[NH2+]C(O)NC21. The molecule has 16 heavy (non-hydrogen) atoms. The maximum absolute atomic E-state index is 10.8. The molecule has 4 N–H and O–H groups in total. The molecular formula is C11H21N2O2S+. The minimum atomic E-state index is -0.407. The van der Waals surface area contributed by atoms with Crippen molar-refractivity contribution in [2.24, 2.45) is 0 Å². The van der Waals surface area contributed by atoms with Gasteiger partial charge in [-0.25, -0.2) is 5.32 Å². The Morgan fingerprint density at radius 2 is 2.38 bits per heavy atom. The Balaban J connectivity index is 1.68. The Hall–Kier alpha value is -0.100. The molecule has 0 bridgehead atoms. The molecule has 2 saturated heterocycles. The van der Waals surface area contributed by atoms with E-state index in [1.807, 2.05) is 17.1 Å². The number of thioether (sulfide) groups is 1. The van der Waals surface area contributed by atoms with Crippen LogP contribution in [0.2, 0.25) is 0 Å². The lowest BCUT2D eigenvalue weighted by atomic mass is 10.0. The van der Waals surface area contributed by atoms with Gasteiger partial charge in [0, 0.05) is 17.4 Å². The van der Waals surface area contributed by atoms with Gasteiger partial charge in [0.25, 0.3) is 0 Å². The molecule has 2 rings (SSSR count). The van der Waals surface area contributed by atoms with E-state index in [4.69, 9.17) is 0 Å². The zero-order valence-corrected chi connectivity index (χ0v) is 10.5. The molecule has 2 aliphatic heterocycles. The fraction of sp³-hybridized carbons (Fsp3) is 0.909. The first-order chi connectivity index (χ1) is 7.66. The second kappa shape index (κ2) is 5.49. The van der Waals surface area contributed by atoms with Gasteiger partial charge in [0.05, 0.1) is 6.04 Å². The number of carbonyl (C=O) groups is 1. The molecule has 4 unspecified atom stereocenters. The fourth-order valence-electron chi connectivity index (χ4n) is 2.59. The van der Waals surface area contributed by atoms with Gasteiger partial charge in [-0.2, -0.15) is 11.8 Å². The van der Waals surface area contributed by atoms with Gasteiger partial charge in [0.2, 0.25) is 6.35 Å². The second-order valence-electron chi connectivity index (χ2n) is 4.81. The van der Waals surface area contributed by atoms with E-state index in [1.165, 1.54) is 0 Å². The first-order valence-electron chi connectivity index (χ1n) is 6.07. The van der Waals surface area contributed by atoms with Crippen LogP contribution in [-0.2, 0) is 4.79 Å². The van der Waals surface area contributed by atoms with Gasteiger partial charge >= 0.3 is 0 Å². The van der Waals surface area contributed by atoms with E-state index in [0.29, 0.717) is 29.5 Å². The van der Waals surface area contributed by atoms with E-state index < -0.39 is 6.35 Å². The molecule has 2 aliphatic rings. The van der Waals surface area contributed by atoms with Crippen molar-refractivity contribution in [2.75, 3.05) is 5.75 Å². The first-order valence-corrected chi connectivity index (χ1v) is 7.12. The zero-order chi connectivity index (χ0) is 11.5. The van der Waals surface area contributed by atoms with Gasteiger partial charge < -0.3 is 15.2 Å². The molecule has 0 aromatic heterocycles. The van der Waals surface area contributed by atoms with Gasteiger partial charge in [0.1, 0.15) is 11.8 Å². The van der Waals surface area contributed by atoms with Crippen molar-refractivity contribution >= 4 is 17.5 Å². The van der Waals surface area contributed by atoms with E-state index >= 15 is 0 Å². The standard InChI is InChI=1S/C11H20N2O2S/c1-7(14)4-2-3-5-9-10-8(6-16-9)12-11(15)13-10/h8-13,15H,2-6H2,1H3/p+1. The second-order valence-corrected chi connectivity index (χ2v) is 6.09. The van der Waals surface area contributed by atoms with Crippen LogP contribution in [0.4, 0.5) is 0 Å². The summed E-state index contributed by atoms with van der Waals surface area (Å²) in [6.07, 6.45) is 3.60. The zero-order valence-electron chi connectivity index (χ0n) is 9.69. The van der Waals surface area contributed by atoms with Crippen molar-refractivity contribution in [1.82, 2.24) is 5.32 Å². The predicted molar refractivity (Wildman–Crippen MR) is 64.0 cm³/mol. The summed E-state index contributed by atoms with van der Waals surface area (Å²) < 4.78 is 0. The van der Waals surface area contributed by atoms with Gasteiger partial charge in [0.15, 0.2) is 0 Å². The smallest absolute Gasteiger partial charge is 0.248 e. The van der Waals surface area contributed by atoms with Crippen molar-refractivity contribution in [3.8, 4) is 0 Å². The van der Waals surface area contributed by atoms with Gasteiger partial charge in [-0.15, -0.1) is 0 Å². The quantitative estimate of drug-likeness (QED) is 0.568. The summed E-state index contributed by atoms with van der Waals surface area (Å²) in [6.45, 7) is 1.66. The largest absolute Gasteiger partial charge is 0.332 e. The summed E-state index contributed by atoms with van der Waals surface area (Å²) in [5, 5.41) is 15.3. The molecule has 0 spiro atoms. The topological polar surface area (TPSA) is 65.9 Å². The highest BCUT2D eigenvalue weighted by Gasteiger charge is 2.45. The summed E-state index contributed by atoms with van der Waals surface area (Å²) in [7, 11) is 0. The van der Waals surface area contributed by atoms with E-state index in [-0.39, 0.29) is 0 Å². The number of rotatable bonds is 5. The summed E-state index contributed by atoms with van der Waals surface area (Å²) in [4.78, 5) is 10.8. The number of aliphatic hydroxyl groups is 1. The van der Waals surface area contributed by atoms with E-state index in [9.17, 15) is 9.90 Å². The fourth-order valence-corrected chi connectivity index (χ4v) is 4.20. The highest BCUT2D eigenvalue weighted by atomic mass is 32.2. The van der Waals surface area contributed by atoms with Gasteiger partial charge in [-0.1, -0.05) is 6.42 Å². The lowest BCUT2D eigenvalue weighted by Gasteiger charge is -2.15. The Kier molecular flexibility index (Phi) is 4.24. The molecule has 0 saturated carbocycles. The van der Waals surface area contributed by atoms with Crippen molar-refractivity contribution in [3.05, 3.63) is 0 Å². The minimum absolute atomic E-state index is 0.291. The number of ketones is 1. The van der Waals surface area contributed by atoms with Crippen LogP contribution in [-0.4, -0.2) is 40.3 Å². The number of unbranched alkanes of at least 4 members (excludes halogenated alkanes) is 1. The maximum atomic E-state index is 10.8. The highest BCUT2D eigenvalue weighted by molar-refractivity contribution is 8.00. The molecule has 92 valence electrons. The molecule has 2 fully saturated rings. The number of aliphatic hydroxyl groups excluding tert-OH is 1. The summed E-state index contributed by atoms with van der Waals surface area (Å²) >= 11 is 2.01. The van der Waals surface area contributed by atoms with Crippen molar-refractivity contribution < 1.29 is 15.2 Å². The van der Waals surface area contributed by atoms with E-state index in [0.717, 1.165) is 25.0 Å². The molecule has 2 heterocycles. The first kappa shape index (κ1) is 12.4. The molecule has 4 nitrogen and oxygen atoms in total. The third-order valence-electron chi connectivity index (χ3n) is 3.42. The highest BCUT2D eigenvalue weighted by Crippen LogP contribution is 2.31. The van der Waals surface area contributed by atoms with Crippen molar-refractivity contribution in [2.45, 2.75) is 56.3 Å². The van der Waals surface area contributed by atoms with Crippen LogP contribution in [0.15, 0.2) is 0 Å². The monoisotopic (exact) mass is 245 g/mol. The van der Waals surface area contributed by atoms with Crippen LogP contribution in [0.1, 0.15) is 32.6 Å². The van der Waals surface area contributed by atoms with Crippen molar-refractivity contribution in [1.29, 1.82) is 0 Å². The number of quaternary nitrogens is 1. The average molecular weight is 245 g/mol. The lowest BCUT2D eigenvalue weighted by molar-refractivity contribution is -0.731. The number of fused-ring (bicyclic) bond motifs is 1. The number of carbonyl (C=O) groups excluding carboxylic acids is 1. The molecule has 0 amide bonds. The number of nitrogens with two attached hydrogens (primary N) is 1. The number of hydrogen-bond donors (Lipinski definition) is 3. The summed E-state index contributed by atoms with van der Waals surface area (Å²) in [6, 6.07) is 0.995. The molecular weight excluding hydrogens is 224 g/mol. The van der Waals surface area contributed by atoms with Crippen LogP contribution >= 0.6 is 11.8 Å². The summed E-state index contributed by atoms with van der Waals surface area (Å²) in [5.74, 6) is 1.42. The maximum Gasteiger partial charge on any atom is 0.248 e. The van der Waals surface area contributed by atoms with Crippen LogP contribution in [0.3, 0.4) is 0 Å². The Labute approximate surface area is 101 Å². The van der Waals surface area contributed by atoms with Crippen LogP contribution in [0, 0.1) is 0 Å². The van der Waals surface area contributed by atoms with Gasteiger partial charge in [-0.3, -0.25) is 0 Å². The van der Waals surface area contributed by atoms with E-state index in [2.05, 4.69) is 5.32 Å². The third-order valence-corrected chi connectivity index (χ3v) is 4.96. The van der Waals surface area contributed by atoms with Crippen LogP contribution in [0.25, 0.3) is 0 Å².